The molecule has 1 aromatic heterocycles. The molecular formula is C11H17N3O2. The van der Waals surface area contributed by atoms with Gasteiger partial charge in [0.15, 0.2) is 0 Å². The molecule has 0 aromatic carbocycles. The minimum Gasteiger partial charge on any atom is -0.391 e. The first kappa shape index (κ1) is 10.1. The first-order valence-corrected chi connectivity index (χ1v) is 6.10. The Labute approximate surface area is 93.7 Å². The molecule has 1 fully saturated rings. The molecule has 1 aromatic rings. The molecule has 5 nitrogen and oxygen atoms in total. The Bertz CT molecular complexity index is 445. The van der Waals surface area contributed by atoms with Crippen LogP contribution in [0.25, 0.3) is 0 Å². The molecule has 1 N–H and O–H groups in total. The average molecular weight is 223 g/mol. The SMILES string of the molecule is O=c1n(CC(O)C2CC2)nc2n1CCCC2. The fraction of sp³-hybridized carbons (Fsp3) is 0.818. The number of hydrogen-bond acceptors (Lipinski definition) is 3. The van der Waals surface area contributed by atoms with Crippen molar-refractivity contribution in [1.29, 1.82) is 0 Å². The van der Waals surface area contributed by atoms with E-state index >= 15 is 0 Å². The molecule has 0 radical (unpaired) electrons. The number of rotatable bonds is 3. The van der Waals surface area contributed by atoms with E-state index in [2.05, 4.69) is 5.10 Å². The van der Waals surface area contributed by atoms with E-state index in [1.807, 2.05) is 0 Å². The zero-order valence-electron chi connectivity index (χ0n) is 9.30. The van der Waals surface area contributed by atoms with Gasteiger partial charge in [0, 0.05) is 13.0 Å². The number of fused-ring (bicyclic) bond motifs is 1. The van der Waals surface area contributed by atoms with Gasteiger partial charge in [0.2, 0.25) is 0 Å². The van der Waals surface area contributed by atoms with Gasteiger partial charge >= 0.3 is 5.69 Å². The van der Waals surface area contributed by atoms with Crippen LogP contribution >= 0.6 is 0 Å². The minimum atomic E-state index is -0.394. The van der Waals surface area contributed by atoms with Crippen LogP contribution < -0.4 is 5.69 Å². The lowest BCUT2D eigenvalue weighted by Crippen LogP contribution is -2.31. The van der Waals surface area contributed by atoms with E-state index in [-0.39, 0.29) is 5.69 Å². The van der Waals surface area contributed by atoms with Gasteiger partial charge in [-0.05, 0) is 31.6 Å². The average Bonchev–Trinajstić information content (AvgIpc) is 3.08. The van der Waals surface area contributed by atoms with Gasteiger partial charge in [0.1, 0.15) is 5.82 Å². The van der Waals surface area contributed by atoms with Crippen molar-refractivity contribution in [2.45, 2.75) is 51.3 Å². The molecule has 16 heavy (non-hydrogen) atoms. The standard InChI is InChI=1S/C11H17N3O2/c15-9(8-4-5-8)7-14-11(16)13-6-2-1-3-10(13)12-14/h8-9,15H,1-7H2. The highest BCUT2D eigenvalue weighted by Crippen LogP contribution is 2.32. The van der Waals surface area contributed by atoms with Crippen LogP contribution in [0.4, 0.5) is 0 Å². The molecule has 0 amide bonds. The largest absolute Gasteiger partial charge is 0.391 e. The van der Waals surface area contributed by atoms with Crippen molar-refractivity contribution < 1.29 is 5.11 Å². The quantitative estimate of drug-likeness (QED) is 0.793. The lowest BCUT2D eigenvalue weighted by Gasteiger charge is -2.09. The monoisotopic (exact) mass is 223 g/mol. The molecule has 0 saturated heterocycles. The number of hydrogen-bond donors (Lipinski definition) is 1. The van der Waals surface area contributed by atoms with E-state index in [0.29, 0.717) is 12.5 Å². The molecule has 2 heterocycles. The smallest absolute Gasteiger partial charge is 0.346 e. The Hall–Kier alpha value is -1.10. The molecule has 5 heteroatoms. The van der Waals surface area contributed by atoms with E-state index in [0.717, 1.165) is 44.5 Å². The predicted molar refractivity (Wildman–Crippen MR) is 58.2 cm³/mol. The van der Waals surface area contributed by atoms with Gasteiger partial charge in [-0.3, -0.25) is 4.57 Å². The van der Waals surface area contributed by atoms with Crippen molar-refractivity contribution in [3.63, 3.8) is 0 Å². The van der Waals surface area contributed by atoms with Gasteiger partial charge in [-0.1, -0.05) is 0 Å². The summed E-state index contributed by atoms with van der Waals surface area (Å²) in [5, 5.41) is 14.1. The summed E-state index contributed by atoms with van der Waals surface area (Å²) < 4.78 is 3.20. The highest BCUT2D eigenvalue weighted by Gasteiger charge is 2.31. The maximum atomic E-state index is 11.9. The zero-order valence-corrected chi connectivity index (χ0v) is 9.30. The van der Waals surface area contributed by atoms with Crippen molar-refractivity contribution >= 4 is 0 Å². The minimum absolute atomic E-state index is 0.0469. The third-order valence-corrected chi connectivity index (χ3v) is 3.56. The molecule has 1 unspecified atom stereocenters. The van der Waals surface area contributed by atoms with Crippen molar-refractivity contribution in [2.75, 3.05) is 0 Å². The first-order valence-electron chi connectivity index (χ1n) is 6.10. The van der Waals surface area contributed by atoms with Crippen LogP contribution in [0.1, 0.15) is 31.5 Å². The van der Waals surface area contributed by atoms with Crippen molar-refractivity contribution in [3.8, 4) is 0 Å². The van der Waals surface area contributed by atoms with E-state index < -0.39 is 6.10 Å². The van der Waals surface area contributed by atoms with Crippen LogP contribution in [0.3, 0.4) is 0 Å². The van der Waals surface area contributed by atoms with Crippen LogP contribution in [0.15, 0.2) is 4.79 Å². The molecule has 0 spiro atoms. The van der Waals surface area contributed by atoms with E-state index in [1.54, 1.807) is 4.57 Å². The van der Waals surface area contributed by atoms with Gasteiger partial charge in [-0.15, -0.1) is 0 Å². The molecule has 0 bridgehead atoms. The fourth-order valence-corrected chi connectivity index (χ4v) is 2.37. The lowest BCUT2D eigenvalue weighted by atomic mass is 10.2. The summed E-state index contributed by atoms with van der Waals surface area (Å²) in [6, 6.07) is 0. The molecule has 1 atom stereocenters. The number of nitrogens with zero attached hydrogens (tertiary/aromatic N) is 3. The number of aliphatic hydroxyl groups is 1. The van der Waals surface area contributed by atoms with Crippen LogP contribution in [0.5, 0.6) is 0 Å². The van der Waals surface area contributed by atoms with Crippen molar-refractivity contribution in [3.05, 3.63) is 16.3 Å². The Morgan fingerprint density at radius 2 is 2.25 bits per heavy atom. The topological polar surface area (TPSA) is 60.1 Å². The Morgan fingerprint density at radius 1 is 1.44 bits per heavy atom. The zero-order chi connectivity index (χ0) is 11.1. The second-order valence-corrected chi connectivity index (χ2v) is 4.89. The third-order valence-electron chi connectivity index (χ3n) is 3.56. The summed E-state index contributed by atoms with van der Waals surface area (Å²) >= 11 is 0. The first-order chi connectivity index (χ1) is 7.75. The maximum absolute atomic E-state index is 11.9. The number of aromatic nitrogens is 3. The van der Waals surface area contributed by atoms with Gasteiger partial charge in [0.25, 0.3) is 0 Å². The van der Waals surface area contributed by atoms with Gasteiger partial charge in [0.05, 0.1) is 12.6 Å². The second kappa shape index (κ2) is 3.73. The molecule has 3 rings (SSSR count). The summed E-state index contributed by atoms with van der Waals surface area (Å²) in [5.74, 6) is 1.28. The van der Waals surface area contributed by atoms with E-state index in [1.165, 1.54) is 4.68 Å². The lowest BCUT2D eigenvalue weighted by molar-refractivity contribution is 0.125. The van der Waals surface area contributed by atoms with Crippen LogP contribution in [-0.2, 0) is 19.5 Å². The van der Waals surface area contributed by atoms with E-state index in [4.69, 9.17) is 0 Å². The summed E-state index contributed by atoms with van der Waals surface area (Å²) in [4.78, 5) is 11.9. The molecule has 88 valence electrons. The van der Waals surface area contributed by atoms with Crippen LogP contribution in [0, 0.1) is 5.92 Å². The van der Waals surface area contributed by atoms with E-state index in [9.17, 15) is 9.90 Å². The van der Waals surface area contributed by atoms with Crippen molar-refractivity contribution in [2.24, 2.45) is 5.92 Å². The summed E-state index contributed by atoms with van der Waals surface area (Å²) in [7, 11) is 0. The van der Waals surface area contributed by atoms with Crippen molar-refractivity contribution in [1.82, 2.24) is 14.3 Å². The Morgan fingerprint density at radius 3 is 2.94 bits per heavy atom. The normalized spacial score (nSPS) is 21.8. The molecule has 1 aliphatic heterocycles. The highest BCUT2D eigenvalue weighted by atomic mass is 16.3. The van der Waals surface area contributed by atoms with Crippen LogP contribution in [-0.4, -0.2) is 25.6 Å². The highest BCUT2D eigenvalue weighted by molar-refractivity contribution is 4.92. The maximum Gasteiger partial charge on any atom is 0.346 e. The number of aryl methyl sites for hydroxylation is 1. The Balaban J connectivity index is 1.83. The summed E-state index contributed by atoms with van der Waals surface area (Å²) in [6.07, 6.45) is 4.84. The van der Waals surface area contributed by atoms with Gasteiger partial charge in [-0.2, -0.15) is 5.10 Å². The second-order valence-electron chi connectivity index (χ2n) is 4.89. The summed E-state index contributed by atoms with van der Waals surface area (Å²) in [6.45, 7) is 1.15. The molecular weight excluding hydrogens is 206 g/mol. The molecule has 1 aliphatic carbocycles. The van der Waals surface area contributed by atoms with Crippen LogP contribution in [0.2, 0.25) is 0 Å². The third kappa shape index (κ3) is 1.69. The number of aliphatic hydroxyl groups excluding tert-OH is 1. The predicted octanol–water partition coefficient (Wildman–Crippen LogP) is 0.152. The van der Waals surface area contributed by atoms with Gasteiger partial charge in [-0.25, -0.2) is 9.48 Å². The van der Waals surface area contributed by atoms with Gasteiger partial charge < -0.3 is 5.11 Å². The molecule has 2 aliphatic rings. The summed E-state index contributed by atoms with van der Waals surface area (Å²) in [5.41, 5.74) is -0.0469. The fourth-order valence-electron chi connectivity index (χ4n) is 2.37. The molecule has 1 saturated carbocycles. The Kier molecular flexibility index (Phi) is 2.35.